The number of aliphatic carboxylic acids is 2. The van der Waals surface area contributed by atoms with Gasteiger partial charge in [0.25, 0.3) is 0 Å². The summed E-state index contributed by atoms with van der Waals surface area (Å²) in [6, 6.07) is 25.5. The van der Waals surface area contributed by atoms with E-state index in [0.717, 1.165) is 32.0 Å². The van der Waals surface area contributed by atoms with Gasteiger partial charge in [0.2, 0.25) is 0 Å². The summed E-state index contributed by atoms with van der Waals surface area (Å²) in [5.41, 5.74) is 6.09. The van der Waals surface area contributed by atoms with Crippen molar-refractivity contribution in [2.75, 3.05) is 0 Å². The van der Waals surface area contributed by atoms with Crippen LogP contribution < -0.4 is 10.2 Å². The van der Waals surface area contributed by atoms with Crippen molar-refractivity contribution in [2.24, 2.45) is 0 Å². The van der Waals surface area contributed by atoms with Crippen molar-refractivity contribution >= 4 is 47.0 Å². The Labute approximate surface area is 256 Å². The number of ketones is 2. The second kappa shape index (κ2) is 13.4. The summed E-state index contributed by atoms with van der Waals surface area (Å²) in [6.45, 7) is 0. The van der Waals surface area contributed by atoms with Gasteiger partial charge in [-0.15, -0.1) is 23.5 Å². The van der Waals surface area contributed by atoms with Gasteiger partial charge in [-0.25, -0.2) is 0 Å². The Balaban J connectivity index is 0.000000184. The second-order valence-electron chi connectivity index (χ2n) is 9.31. The van der Waals surface area contributed by atoms with E-state index in [2.05, 4.69) is 0 Å². The third-order valence-electron chi connectivity index (χ3n) is 6.57. The van der Waals surface area contributed by atoms with Crippen LogP contribution in [0.2, 0.25) is 0 Å². The van der Waals surface area contributed by atoms with E-state index in [9.17, 15) is 29.4 Å². The van der Waals surface area contributed by atoms with Crippen molar-refractivity contribution in [3.63, 3.8) is 0 Å². The van der Waals surface area contributed by atoms with Crippen molar-refractivity contribution in [3.8, 4) is 0 Å². The van der Waals surface area contributed by atoms with Crippen LogP contribution in [0.4, 0.5) is 0 Å². The quantitative estimate of drug-likeness (QED) is 0.315. The Morgan fingerprint density at radius 2 is 0.976 bits per heavy atom. The minimum Gasteiger partial charge on any atom is -0.550 e. The Morgan fingerprint density at radius 3 is 1.37 bits per heavy atom. The fraction of sp³-hybridized carbons (Fsp3) is 0.125. The molecule has 209 valence electrons. The number of hydrogen-bond acceptors (Lipinski definition) is 8. The SMILES string of the molecule is O=C([O-])Cc1ccc2c(c1)SCc1ccccc1C2=O.O=C([O-])Cc1ccc2c(c1)SCc1ccccc1C2=O.[Cu+2]. The number of carbonyl (C=O) groups is 4. The smallest absolute Gasteiger partial charge is 0.550 e. The van der Waals surface area contributed by atoms with Gasteiger partial charge in [-0.1, -0.05) is 60.7 Å². The van der Waals surface area contributed by atoms with E-state index in [1.165, 1.54) is 0 Å². The molecule has 0 bridgehead atoms. The van der Waals surface area contributed by atoms with Gasteiger partial charge in [-0.2, -0.15) is 0 Å². The molecule has 4 aromatic rings. The molecule has 0 fully saturated rings. The fourth-order valence-corrected chi connectivity index (χ4v) is 6.86. The normalized spacial score (nSPS) is 13.0. The Kier molecular flexibility index (Phi) is 9.89. The average Bonchev–Trinajstić information content (AvgIpc) is 3.17. The summed E-state index contributed by atoms with van der Waals surface area (Å²) in [7, 11) is 0. The molecule has 0 spiro atoms. The zero-order valence-electron chi connectivity index (χ0n) is 21.5. The van der Waals surface area contributed by atoms with Crippen LogP contribution in [0.1, 0.15) is 54.1 Å². The first-order valence-corrected chi connectivity index (χ1v) is 14.4. The first-order valence-electron chi connectivity index (χ1n) is 12.5. The first kappa shape index (κ1) is 30.3. The van der Waals surface area contributed by atoms with Gasteiger partial charge in [0.15, 0.2) is 11.6 Å². The summed E-state index contributed by atoms with van der Waals surface area (Å²) in [5.74, 6) is -0.800. The van der Waals surface area contributed by atoms with Crippen LogP contribution in [-0.4, -0.2) is 23.5 Å². The van der Waals surface area contributed by atoms with Crippen LogP contribution in [0.3, 0.4) is 0 Å². The van der Waals surface area contributed by atoms with Crippen LogP contribution in [0.25, 0.3) is 0 Å². The fourth-order valence-electron chi connectivity index (χ4n) is 4.64. The first-order chi connectivity index (χ1) is 19.3. The molecule has 4 aromatic carbocycles. The molecule has 9 heteroatoms. The Morgan fingerprint density at radius 1 is 0.585 bits per heavy atom. The topological polar surface area (TPSA) is 114 Å². The number of fused-ring (bicyclic) bond motifs is 4. The van der Waals surface area contributed by atoms with Gasteiger partial charge in [0, 0.05) is 68.3 Å². The monoisotopic (exact) mass is 629 g/mol. The Hall–Kier alpha value is -3.62. The molecule has 1 radical (unpaired) electrons. The number of hydrogen-bond donors (Lipinski definition) is 0. The van der Waals surface area contributed by atoms with Gasteiger partial charge in [-0.05, 0) is 46.5 Å². The minimum absolute atomic E-state index is 0. The second-order valence-corrected chi connectivity index (χ2v) is 11.3. The standard InChI is InChI=1S/2C16H12O3S.Cu/c2*17-15(18)8-10-5-6-13-14(7-10)20-9-11-3-1-2-4-12(11)16(13)19;/h2*1-7H,8-9H2,(H,17,18);/q;;+2/p-2. The molecule has 41 heavy (non-hydrogen) atoms. The molecule has 0 atom stereocenters. The zero-order valence-corrected chi connectivity index (χ0v) is 24.1. The molecule has 0 saturated heterocycles. The summed E-state index contributed by atoms with van der Waals surface area (Å²) in [5, 5.41) is 21.3. The molecule has 0 saturated carbocycles. The molecule has 6 nitrogen and oxygen atoms in total. The summed E-state index contributed by atoms with van der Waals surface area (Å²) < 4.78 is 0. The molecule has 6 rings (SSSR count). The maximum atomic E-state index is 12.5. The number of thioether (sulfide) groups is 2. The van der Waals surface area contributed by atoms with Crippen LogP contribution >= 0.6 is 23.5 Å². The van der Waals surface area contributed by atoms with E-state index in [4.69, 9.17) is 0 Å². The minimum atomic E-state index is -1.11. The number of benzene rings is 4. The number of carbonyl (C=O) groups excluding carboxylic acids is 4. The predicted octanol–water partition coefficient (Wildman–Crippen LogP) is 3.63. The zero-order chi connectivity index (χ0) is 28.2. The van der Waals surface area contributed by atoms with Gasteiger partial charge < -0.3 is 19.8 Å². The molecular formula is C32H22CuO6S2. The third-order valence-corrected chi connectivity index (χ3v) is 8.78. The van der Waals surface area contributed by atoms with Gasteiger partial charge >= 0.3 is 17.1 Å². The van der Waals surface area contributed by atoms with Crippen molar-refractivity contribution in [3.05, 3.63) is 129 Å². The van der Waals surface area contributed by atoms with Crippen LogP contribution in [0.15, 0.2) is 94.7 Å². The average molecular weight is 630 g/mol. The number of carboxylic acid groups (broad SMARTS) is 2. The van der Waals surface area contributed by atoms with Gasteiger partial charge in [0.05, 0.1) is 0 Å². The van der Waals surface area contributed by atoms with E-state index < -0.39 is 11.9 Å². The molecule has 2 aliphatic heterocycles. The maximum absolute atomic E-state index is 12.5. The molecule has 2 heterocycles. The summed E-state index contributed by atoms with van der Waals surface area (Å²) >= 11 is 3.13. The van der Waals surface area contributed by atoms with Crippen LogP contribution in [-0.2, 0) is 51.0 Å². The molecule has 0 unspecified atom stereocenters. The van der Waals surface area contributed by atoms with Crippen molar-refractivity contribution in [2.45, 2.75) is 34.1 Å². The van der Waals surface area contributed by atoms with Gasteiger partial charge in [-0.3, -0.25) is 9.59 Å². The molecule has 2 aliphatic rings. The summed E-state index contributed by atoms with van der Waals surface area (Å²) in [6.07, 6.45) is -0.260. The van der Waals surface area contributed by atoms with Crippen molar-refractivity contribution < 1.29 is 46.5 Å². The van der Waals surface area contributed by atoms with E-state index in [1.54, 1.807) is 59.9 Å². The van der Waals surface area contributed by atoms with Crippen LogP contribution in [0.5, 0.6) is 0 Å². The van der Waals surface area contributed by atoms with Crippen molar-refractivity contribution in [1.29, 1.82) is 0 Å². The predicted molar refractivity (Wildman–Crippen MR) is 149 cm³/mol. The van der Waals surface area contributed by atoms with E-state index in [0.29, 0.717) is 33.8 Å². The molecule has 0 aromatic heterocycles. The van der Waals surface area contributed by atoms with E-state index >= 15 is 0 Å². The summed E-state index contributed by atoms with van der Waals surface area (Å²) in [4.78, 5) is 48.0. The molecule has 0 aliphatic carbocycles. The number of rotatable bonds is 4. The molecular weight excluding hydrogens is 608 g/mol. The largest absolute Gasteiger partial charge is 2.00 e. The third kappa shape index (κ3) is 7.00. The Bertz CT molecular complexity index is 1540. The van der Waals surface area contributed by atoms with Crippen molar-refractivity contribution in [1.82, 2.24) is 0 Å². The van der Waals surface area contributed by atoms with E-state index in [-0.39, 0.29) is 41.5 Å². The number of carboxylic acids is 2. The van der Waals surface area contributed by atoms with E-state index in [1.807, 2.05) is 48.5 Å². The van der Waals surface area contributed by atoms with Gasteiger partial charge in [0.1, 0.15) is 0 Å². The molecule has 0 N–H and O–H groups in total. The maximum Gasteiger partial charge on any atom is 2.00 e. The molecule has 0 amide bonds. The van der Waals surface area contributed by atoms with Crippen LogP contribution in [0, 0.1) is 0 Å².